The summed E-state index contributed by atoms with van der Waals surface area (Å²) in [6, 6.07) is 5.80. The fraction of sp³-hybridized carbons (Fsp3) is 0.0833. The monoisotopic (exact) mass is 291 g/mol. The van der Waals surface area contributed by atoms with E-state index in [-0.39, 0.29) is 5.69 Å². The smallest absolute Gasteiger partial charge is 0.355 e. The number of hydrogen-bond acceptors (Lipinski definition) is 6. The predicted molar refractivity (Wildman–Crippen MR) is 76.7 cm³/mol. The Balaban J connectivity index is 1.91. The van der Waals surface area contributed by atoms with E-state index in [2.05, 4.69) is 15.3 Å². The van der Waals surface area contributed by atoms with Gasteiger partial charge in [0.2, 0.25) is 0 Å². The highest BCUT2D eigenvalue weighted by Crippen LogP contribution is 2.28. The number of carboxylic acid groups (broad SMARTS) is 1. The number of nitrogens with zero attached hydrogens (tertiary/aromatic N) is 2. The van der Waals surface area contributed by atoms with Crippen LogP contribution in [0.5, 0.6) is 0 Å². The van der Waals surface area contributed by atoms with Gasteiger partial charge in [-0.1, -0.05) is 0 Å². The highest BCUT2D eigenvalue weighted by atomic mass is 32.1. The van der Waals surface area contributed by atoms with Crippen LogP contribution in [0, 0.1) is 6.92 Å². The first-order valence-electron chi connectivity index (χ1n) is 5.44. The maximum atomic E-state index is 10.9. The summed E-state index contributed by atoms with van der Waals surface area (Å²) in [6.45, 7) is 1.75. The molecule has 96 valence electrons. The summed E-state index contributed by atoms with van der Waals surface area (Å²) in [7, 11) is 0. The first-order chi connectivity index (χ1) is 9.13. The molecule has 2 heterocycles. The first-order valence-corrected chi connectivity index (χ1v) is 7.14. The van der Waals surface area contributed by atoms with E-state index >= 15 is 0 Å². The molecule has 19 heavy (non-hydrogen) atoms. The molecule has 0 spiro atoms. The van der Waals surface area contributed by atoms with Crippen molar-refractivity contribution in [1.82, 2.24) is 9.97 Å². The van der Waals surface area contributed by atoms with Crippen LogP contribution in [0.25, 0.3) is 10.2 Å². The van der Waals surface area contributed by atoms with Crippen molar-refractivity contribution in [2.24, 2.45) is 0 Å². The summed E-state index contributed by atoms with van der Waals surface area (Å²) in [5.41, 5.74) is 3.73. The molecular weight excluding hydrogens is 282 g/mol. The quantitative estimate of drug-likeness (QED) is 0.772. The molecule has 0 aliphatic carbocycles. The summed E-state index contributed by atoms with van der Waals surface area (Å²) in [5.74, 6) is -1.00. The molecule has 2 N–H and O–H groups in total. The number of anilines is 2. The zero-order valence-corrected chi connectivity index (χ0v) is 11.5. The van der Waals surface area contributed by atoms with Crippen molar-refractivity contribution in [3.05, 3.63) is 34.3 Å². The third kappa shape index (κ3) is 2.29. The fourth-order valence-electron chi connectivity index (χ4n) is 1.70. The second-order valence-corrected chi connectivity index (χ2v) is 5.98. The van der Waals surface area contributed by atoms with Gasteiger partial charge in [0.25, 0.3) is 0 Å². The second-order valence-electron chi connectivity index (χ2n) is 3.89. The van der Waals surface area contributed by atoms with E-state index in [4.69, 9.17) is 5.11 Å². The van der Waals surface area contributed by atoms with Crippen LogP contribution in [0.4, 0.5) is 10.8 Å². The van der Waals surface area contributed by atoms with Gasteiger partial charge in [0, 0.05) is 10.6 Å². The van der Waals surface area contributed by atoms with Gasteiger partial charge in [-0.15, -0.1) is 22.7 Å². The van der Waals surface area contributed by atoms with Gasteiger partial charge >= 0.3 is 5.97 Å². The van der Waals surface area contributed by atoms with E-state index < -0.39 is 5.97 Å². The maximum absolute atomic E-state index is 10.9. The molecule has 0 radical (unpaired) electrons. The molecule has 0 bridgehead atoms. The Bertz CT molecular complexity index is 763. The van der Waals surface area contributed by atoms with E-state index in [0.29, 0.717) is 10.0 Å². The average molecular weight is 291 g/mol. The lowest BCUT2D eigenvalue weighted by Crippen LogP contribution is -1.99. The van der Waals surface area contributed by atoms with Gasteiger partial charge < -0.3 is 10.4 Å². The van der Waals surface area contributed by atoms with Crippen molar-refractivity contribution in [1.29, 1.82) is 0 Å². The van der Waals surface area contributed by atoms with E-state index in [9.17, 15) is 4.79 Å². The number of fused-ring (bicyclic) bond motifs is 1. The van der Waals surface area contributed by atoms with Gasteiger partial charge in [0.05, 0.1) is 15.7 Å². The number of aromatic nitrogens is 2. The zero-order chi connectivity index (χ0) is 13.4. The predicted octanol–water partition coefficient (Wildman–Crippen LogP) is 3.50. The third-order valence-corrected chi connectivity index (χ3v) is 4.26. The molecule has 1 aromatic carbocycles. The van der Waals surface area contributed by atoms with E-state index in [1.54, 1.807) is 23.8 Å². The lowest BCUT2D eigenvalue weighted by Gasteiger charge is -2.01. The Labute approximate surface area is 116 Å². The maximum Gasteiger partial charge on any atom is 0.355 e. The number of carbonyl (C=O) groups is 1. The Hall–Kier alpha value is -1.99. The Morgan fingerprint density at radius 2 is 2.26 bits per heavy atom. The lowest BCUT2D eigenvalue weighted by atomic mass is 10.3. The Morgan fingerprint density at radius 1 is 1.42 bits per heavy atom. The van der Waals surface area contributed by atoms with Crippen molar-refractivity contribution < 1.29 is 9.90 Å². The van der Waals surface area contributed by atoms with Gasteiger partial charge in [-0.25, -0.2) is 14.8 Å². The molecule has 0 saturated heterocycles. The molecule has 0 unspecified atom stereocenters. The van der Waals surface area contributed by atoms with E-state index in [0.717, 1.165) is 15.9 Å². The van der Waals surface area contributed by atoms with Crippen LogP contribution in [-0.4, -0.2) is 21.0 Å². The highest BCUT2D eigenvalue weighted by Gasteiger charge is 2.14. The molecule has 7 heteroatoms. The number of benzene rings is 1. The van der Waals surface area contributed by atoms with Gasteiger partial charge in [0.15, 0.2) is 10.8 Å². The number of rotatable bonds is 3. The summed E-state index contributed by atoms with van der Waals surface area (Å²) in [6.07, 6.45) is 0. The number of aromatic carboxylic acids is 1. The van der Waals surface area contributed by atoms with Crippen LogP contribution >= 0.6 is 22.7 Å². The number of thiazole rings is 2. The average Bonchev–Trinajstić information content (AvgIpc) is 2.95. The standard InChI is InChI=1S/C12H9N3O2S2/c1-6-10(11(16)17)15-12(19-6)14-7-2-3-8-9(4-7)18-5-13-8/h2-5H,1H3,(H,14,15)(H,16,17). The van der Waals surface area contributed by atoms with Crippen molar-refractivity contribution in [3.63, 3.8) is 0 Å². The van der Waals surface area contributed by atoms with Crippen LogP contribution in [0.15, 0.2) is 23.7 Å². The van der Waals surface area contributed by atoms with Gasteiger partial charge in [-0.2, -0.15) is 0 Å². The Kier molecular flexibility index (Phi) is 2.92. The molecular formula is C12H9N3O2S2. The molecule has 0 atom stereocenters. The molecule has 0 aliphatic heterocycles. The van der Waals surface area contributed by atoms with E-state index in [1.807, 2.05) is 18.2 Å². The molecule has 3 rings (SSSR count). The fourth-order valence-corrected chi connectivity index (χ4v) is 3.25. The number of hydrogen-bond donors (Lipinski definition) is 2. The number of carboxylic acids is 1. The van der Waals surface area contributed by atoms with Crippen LogP contribution in [0.2, 0.25) is 0 Å². The molecule has 3 aromatic rings. The lowest BCUT2D eigenvalue weighted by molar-refractivity contribution is 0.0690. The first kappa shape index (κ1) is 12.1. The minimum Gasteiger partial charge on any atom is -0.476 e. The van der Waals surface area contributed by atoms with Crippen LogP contribution in [0.3, 0.4) is 0 Å². The second kappa shape index (κ2) is 4.60. The summed E-state index contributed by atoms with van der Waals surface area (Å²) in [4.78, 5) is 19.9. The van der Waals surface area contributed by atoms with Crippen LogP contribution < -0.4 is 5.32 Å². The summed E-state index contributed by atoms with van der Waals surface area (Å²) < 4.78 is 1.08. The van der Waals surface area contributed by atoms with E-state index in [1.165, 1.54) is 11.3 Å². The number of nitrogens with one attached hydrogen (secondary N) is 1. The van der Waals surface area contributed by atoms with Crippen molar-refractivity contribution in [2.45, 2.75) is 6.92 Å². The van der Waals surface area contributed by atoms with Gasteiger partial charge in [-0.05, 0) is 25.1 Å². The molecule has 0 amide bonds. The molecule has 0 aliphatic rings. The summed E-state index contributed by atoms with van der Waals surface area (Å²) in [5, 5.41) is 12.7. The SMILES string of the molecule is Cc1sc(Nc2ccc3ncsc3c2)nc1C(=O)O. The zero-order valence-electron chi connectivity index (χ0n) is 9.88. The van der Waals surface area contributed by atoms with Crippen molar-refractivity contribution >= 4 is 49.7 Å². The van der Waals surface area contributed by atoms with Crippen molar-refractivity contribution in [3.8, 4) is 0 Å². The Morgan fingerprint density at radius 3 is 3.00 bits per heavy atom. The highest BCUT2D eigenvalue weighted by molar-refractivity contribution is 7.17. The topological polar surface area (TPSA) is 75.1 Å². The van der Waals surface area contributed by atoms with Crippen molar-refractivity contribution in [2.75, 3.05) is 5.32 Å². The molecule has 2 aromatic heterocycles. The molecule has 0 fully saturated rings. The summed E-state index contributed by atoms with van der Waals surface area (Å²) >= 11 is 2.89. The van der Waals surface area contributed by atoms with Crippen LogP contribution in [0.1, 0.15) is 15.4 Å². The molecule has 5 nitrogen and oxygen atoms in total. The minimum absolute atomic E-state index is 0.103. The van der Waals surface area contributed by atoms with Crippen LogP contribution in [-0.2, 0) is 0 Å². The van der Waals surface area contributed by atoms with Gasteiger partial charge in [0.1, 0.15) is 0 Å². The minimum atomic E-state index is -1.00. The largest absolute Gasteiger partial charge is 0.476 e. The number of aryl methyl sites for hydroxylation is 1. The normalized spacial score (nSPS) is 10.8. The third-order valence-electron chi connectivity index (χ3n) is 2.58. The molecule has 0 saturated carbocycles. The van der Waals surface area contributed by atoms with Gasteiger partial charge in [-0.3, -0.25) is 0 Å².